The molecule has 0 saturated carbocycles. The summed E-state index contributed by atoms with van der Waals surface area (Å²) in [7, 11) is 0. The fourth-order valence-electron chi connectivity index (χ4n) is 4.37. The maximum absolute atomic E-state index is 13.5. The van der Waals surface area contributed by atoms with Crippen LogP contribution in [0, 0.1) is 0 Å². The van der Waals surface area contributed by atoms with E-state index in [1.165, 1.54) is 17.0 Å². The third kappa shape index (κ3) is 8.78. The Bertz CT molecular complexity index is 1290. The zero-order chi connectivity index (χ0) is 31.1. The van der Waals surface area contributed by atoms with Crippen molar-refractivity contribution in [3.8, 4) is 0 Å². The van der Waals surface area contributed by atoms with Crippen LogP contribution in [0.3, 0.4) is 0 Å². The number of hydrogen-bond acceptors (Lipinski definition) is 6. The van der Waals surface area contributed by atoms with Crippen LogP contribution in [-0.4, -0.2) is 54.5 Å². The molecule has 0 unspecified atom stereocenters. The second kappa shape index (κ2) is 13.8. The van der Waals surface area contributed by atoms with Gasteiger partial charge in [0.1, 0.15) is 6.54 Å². The van der Waals surface area contributed by atoms with Crippen LogP contribution in [0.5, 0.6) is 0 Å². The van der Waals surface area contributed by atoms with Gasteiger partial charge in [0.25, 0.3) is 5.91 Å². The summed E-state index contributed by atoms with van der Waals surface area (Å²) < 4.78 is 80.0. The topological polar surface area (TPSA) is 110 Å². The molecule has 228 valence electrons. The number of benzene rings is 2. The van der Waals surface area contributed by atoms with Crippen molar-refractivity contribution in [2.45, 2.75) is 57.4 Å². The molecule has 2 aromatic carbocycles. The number of nitrogens with zero attached hydrogens (tertiary/aromatic N) is 2. The van der Waals surface area contributed by atoms with Crippen molar-refractivity contribution >= 4 is 29.4 Å². The van der Waals surface area contributed by atoms with Gasteiger partial charge in [0.15, 0.2) is 0 Å². The lowest BCUT2D eigenvalue weighted by Crippen LogP contribution is -2.40. The van der Waals surface area contributed by atoms with Gasteiger partial charge in [0.2, 0.25) is 5.91 Å². The van der Waals surface area contributed by atoms with Gasteiger partial charge in [-0.2, -0.15) is 26.3 Å². The minimum absolute atomic E-state index is 0.0759. The summed E-state index contributed by atoms with van der Waals surface area (Å²) in [6, 6.07) is 9.04. The van der Waals surface area contributed by atoms with Crippen LogP contribution >= 0.6 is 0 Å². The predicted molar refractivity (Wildman–Crippen MR) is 138 cm³/mol. The molecule has 1 heterocycles. The number of unbranched alkanes of at least 4 members (excludes halogenated alkanes) is 3. The van der Waals surface area contributed by atoms with Crippen molar-refractivity contribution in [2.24, 2.45) is 5.73 Å². The number of fused-ring (bicyclic) bond motifs is 1. The minimum atomic E-state index is -5.39. The molecule has 14 heteroatoms. The Morgan fingerprint density at radius 2 is 1.52 bits per heavy atom. The standard InChI is InChI=1S/C28H29F6N3O5/c29-27(30,31)20-9-6-19(7-10-20)16-37-22-11-8-18(5-3-1-2-4-13-35)15-21(22)25(40)36(17-23(37)38)14-12-24(39)42-26(41)28(32,33)34/h6-11,15H,1-5,12-14,16-17,35H2. The summed E-state index contributed by atoms with van der Waals surface area (Å²) in [5, 5.41) is 0. The number of aryl methyl sites for hydroxylation is 1. The third-order valence-corrected chi connectivity index (χ3v) is 6.56. The van der Waals surface area contributed by atoms with Crippen LogP contribution in [0.1, 0.15) is 59.2 Å². The average Bonchev–Trinajstić information content (AvgIpc) is 3.01. The molecule has 0 aromatic heterocycles. The Hall–Kier alpha value is -3.94. The first-order valence-corrected chi connectivity index (χ1v) is 13.1. The molecule has 8 nitrogen and oxygen atoms in total. The number of esters is 2. The first-order chi connectivity index (χ1) is 19.7. The van der Waals surface area contributed by atoms with Gasteiger partial charge < -0.3 is 20.3 Å². The first kappa shape index (κ1) is 32.6. The fraction of sp³-hybridized carbons (Fsp3) is 0.429. The second-order valence-corrected chi connectivity index (χ2v) is 9.71. The van der Waals surface area contributed by atoms with E-state index in [9.17, 15) is 45.5 Å². The van der Waals surface area contributed by atoms with E-state index in [1.807, 2.05) is 0 Å². The highest BCUT2D eigenvalue weighted by atomic mass is 19.4. The lowest BCUT2D eigenvalue weighted by atomic mass is 10.0. The minimum Gasteiger partial charge on any atom is -0.386 e. The number of ether oxygens (including phenoxy) is 1. The molecule has 0 fully saturated rings. The number of anilines is 1. The summed E-state index contributed by atoms with van der Waals surface area (Å²) in [6.07, 6.45) is -6.65. The normalized spacial score (nSPS) is 14.1. The molecular formula is C28H29F6N3O5. The molecule has 0 saturated heterocycles. The van der Waals surface area contributed by atoms with Gasteiger partial charge in [0, 0.05) is 6.54 Å². The lowest BCUT2D eigenvalue weighted by Gasteiger charge is -2.23. The number of halogens is 6. The summed E-state index contributed by atoms with van der Waals surface area (Å²) in [6.45, 7) is -0.704. The largest absolute Gasteiger partial charge is 0.491 e. The van der Waals surface area contributed by atoms with Crippen molar-refractivity contribution in [2.75, 3.05) is 24.5 Å². The van der Waals surface area contributed by atoms with Gasteiger partial charge in [-0.1, -0.05) is 31.0 Å². The maximum Gasteiger partial charge on any atom is 0.491 e. The molecule has 2 N–H and O–H groups in total. The number of alkyl halides is 6. The van der Waals surface area contributed by atoms with E-state index in [0.717, 1.165) is 48.3 Å². The summed E-state index contributed by atoms with van der Waals surface area (Å²) >= 11 is 0. The SMILES string of the molecule is NCCCCCCc1ccc2c(c1)C(=O)N(CCC(=O)OC(=O)C(F)(F)F)CC(=O)N2Cc1ccc(C(F)(F)F)cc1. The Morgan fingerprint density at radius 1 is 0.881 bits per heavy atom. The number of hydrogen-bond donors (Lipinski definition) is 1. The third-order valence-electron chi connectivity index (χ3n) is 6.56. The van der Waals surface area contributed by atoms with Gasteiger partial charge in [-0.3, -0.25) is 14.4 Å². The van der Waals surface area contributed by atoms with E-state index in [1.54, 1.807) is 18.2 Å². The molecule has 3 rings (SSSR count). The maximum atomic E-state index is 13.5. The zero-order valence-corrected chi connectivity index (χ0v) is 22.4. The van der Waals surface area contributed by atoms with Gasteiger partial charge >= 0.3 is 24.3 Å². The predicted octanol–water partition coefficient (Wildman–Crippen LogP) is 4.78. The molecule has 0 atom stereocenters. The van der Waals surface area contributed by atoms with Crippen molar-refractivity contribution in [1.82, 2.24) is 4.90 Å². The Morgan fingerprint density at radius 3 is 2.14 bits per heavy atom. The number of carbonyl (C=O) groups is 4. The van der Waals surface area contributed by atoms with E-state index >= 15 is 0 Å². The summed E-state index contributed by atoms with van der Waals surface area (Å²) in [5.74, 6) is -5.56. The molecule has 2 amide bonds. The molecule has 1 aliphatic rings. The van der Waals surface area contributed by atoms with E-state index in [-0.39, 0.29) is 17.8 Å². The average molecular weight is 602 g/mol. The Kier molecular flexibility index (Phi) is 10.7. The molecule has 0 aliphatic carbocycles. The van der Waals surface area contributed by atoms with Gasteiger partial charge in [-0.25, -0.2) is 4.79 Å². The highest BCUT2D eigenvalue weighted by molar-refractivity contribution is 6.09. The molecule has 0 bridgehead atoms. The monoisotopic (exact) mass is 601 g/mol. The van der Waals surface area contributed by atoms with E-state index < -0.39 is 61.2 Å². The lowest BCUT2D eigenvalue weighted by molar-refractivity contribution is -0.201. The highest BCUT2D eigenvalue weighted by Crippen LogP contribution is 2.32. The van der Waals surface area contributed by atoms with E-state index in [4.69, 9.17) is 5.73 Å². The van der Waals surface area contributed by atoms with Gasteiger partial charge in [0.05, 0.1) is 29.8 Å². The van der Waals surface area contributed by atoms with Crippen LogP contribution in [0.15, 0.2) is 42.5 Å². The number of carbonyl (C=O) groups excluding carboxylic acids is 4. The first-order valence-electron chi connectivity index (χ1n) is 13.1. The summed E-state index contributed by atoms with van der Waals surface area (Å²) in [5.41, 5.74) is 6.03. The van der Waals surface area contributed by atoms with Gasteiger partial charge in [-0.05, 0) is 61.2 Å². The van der Waals surface area contributed by atoms with Crippen LogP contribution in [0.25, 0.3) is 0 Å². The number of amides is 2. The fourth-order valence-corrected chi connectivity index (χ4v) is 4.37. The van der Waals surface area contributed by atoms with Crippen LogP contribution in [0.4, 0.5) is 32.0 Å². The quantitative estimate of drug-likeness (QED) is 0.172. The van der Waals surface area contributed by atoms with Gasteiger partial charge in [-0.15, -0.1) is 0 Å². The zero-order valence-electron chi connectivity index (χ0n) is 22.4. The van der Waals surface area contributed by atoms with Crippen LogP contribution in [-0.2, 0) is 38.3 Å². The highest BCUT2D eigenvalue weighted by Gasteiger charge is 2.42. The molecule has 1 aliphatic heterocycles. The second-order valence-electron chi connectivity index (χ2n) is 9.71. The Labute approximate surface area is 237 Å². The number of rotatable bonds is 11. The van der Waals surface area contributed by atoms with E-state index in [2.05, 4.69) is 4.74 Å². The molecule has 0 spiro atoms. The van der Waals surface area contributed by atoms with Crippen LogP contribution in [0.2, 0.25) is 0 Å². The molecule has 0 radical (unpaired) electrons. The van der Waals surface area contributed by atoms with Crippen molar-refractivity contribution < 1.29 is 50.3 Å². The summed E-state index contributed by atoms with van der Waals surface area (Å²) in [4.78, 5) is 51.8. The van der Waals surface area contributed by atoms with Crippen molar-refractivity contribution in [3.63, 3.8) is 0 Å². The Balaban J connectivity index is 1.86. The molecule has 2 aromatic rings. The smallest absolute Gasteiger partial charge is 0.386 e. The van der Waals surface area contributed by atoms with Crippen molar-refractivity contribution in [1.29, 1.82) is 0 Å². The van der Waals surface area contributed by atoms with E-state index in [0.29, 0.717) is 18.5 Å². The molecule has 42 heavy (non-hydrogen) atoms. The molecular weight excluding hydrogens is 572 g/mol. The number of nitrogens with two attached hydrogens (primary N) is 1. The van der Waals surface area contributed by atoms with Crippen molar-refractivity contribution in [3.05, 3.63) is 64.7 Å². The van der Waals surface area contributed by atoms with Crippen LogP contribution < -0.4 is 10.6 Å².